The molecule has 0 aromatic carbocycles. The predicted molar refractivity (Wildman–Crippen MR) is 50.0 cm³/mol. The molecule has 1 heterocycles. The molecule has 1 unspecified atom stereocenters. The second-order valence-corrected chi connectivity index (χ2v) is 3.75. The maximum Gasteiger partial charge on any atom is 0.150 e. The summed E-state index contributed by atoms with van der Waals surface area (Å²) in [4.78, 5) is 0. The van der Waals surface area contributed by atoms with Crippen molar-refractivity contribution in [2.45, 2.75) is 38.8 Å². The fraction of sp³-hybridized carbons (Fsp3) is 0.778. The maximum absolute atomic E-state index is 6.05. The van der Waals surface area contributed by atoms with Crippen molar-refractivity contribution < 1.29 is 0 Å². The summed E-state index contributed by atoms with van der Waals surface area (Å²) < 4.78 is 2.07. The van der Waals surface area contributed by atoms with Crippen LogP contribution in [-0.2, 0) is 6.54 Å². The van der Waals surface area contributed by atoms with Gasteiger partial charge in [-0.15, -0.1) is 10.2 Å². The fourth-order valence-corrected chi connectivity index (χ4v) is 1.60. The molecule has 0 aliphatic heterocycles. The predicted octanol–water partition coefficient (Wildman–Crippen LogP) is 1.10. The normalized spacial score (nSPS) is 18.9. The summed E-state index contributed by atoms with van der Waals surface area (Å²) in [5.74, 6) is 1.61. The Hall–Kier alpha value is -0.900. The lowest BCUT2D eigenvalue weighted by Gasteiger charge is -2.10. The Labute approximate surface area is 78.1 Å². The van der Waals surface area contributed by atoms with E-state index >= 15 is 0 Å². The van der Waals surface area contributed by atoms with Crippen LogP contribution in [0, 0.1) is 5.92 Å². The molecule has 4 heteroatoms. The van der Waals surface area contributed by atoms with Gasteiger partial charge in [0.2, 0.25) is 0 Å². The number of hydrogen-bond acceptors (Lipinski definition) is 3. The van der Waals surface area contributed by atoms with Crippen LogP contribution in [0.25, 0.3) is 0 Å². The van der Waals surface area contributed by atoms with E-state index in [0.29, 0.717) is 5.92 Å². The van der Waals surface area contributed by atoms with Gasteiger partial charge < -0.3 is 10.3 Å². The molecule has 2 rings (SSSR count). The van der Waals surface area contributed by atoms with Gasteiger partial charge in [0.25, 0.3) is 0 Å². The van der Waals surface area contributed by atoms with Gasteiger partial charge in [-0.2, -0.15) is 0 Å². The molecule has 0 radical (unpaired) electrons. The molecular weight excluding hydrogens is 164 g/mol. The van der Waals surface area contributed by atoms with Gasteiger partial charge in [-0.3, -0.25) is 0 Å². The summed E-state index contributed by atoms with van der Waals surface area (Å²) in [6.45, 7) is 3.12. The van der Waals surface area contributed by atoms with Gasteiger partial charge in [0.1, 0.15) is 12.2 Å². The Bertz CT molecular complexity index is 277. The van der Waals surface area contributed by atoms with E-state index < -0.39 is 0 Å². The van der Waals surface area contributed by atoms with Gasteiger partial charge in [-0.05, 0) is 25.2 Å². The number of rotatable bonds is 4. The molecule has 0 amide bonds. The Kier molecular flexibility index (Phi) is 2.31. The third kappa shape index (κ3) is 1.72. The van der Waals surface area contributed by atoms with Crippen LogP contribution in [0.2, 0.25) is 0 Å². The molecule has 1 atom stereocenters. The maximum atomic E-state index is 6.05. The average molecular weight is 180 g/mol. The van der Waals surface area contributed by atoms with Crippen LogP contribution in [0.3, 0.4) is 0 Å². The molecule has 1 aliphatic rings. The van der Waals surface area contributed by atoms with Crippen molar-refractivity contribution in [2.24, 2.45) is 11.7 Å². The smallest absolute Gasteiger partial charge is 0.150 e. The number of aryl methyl sites for hydroxylation is 1. The number of aromatic nitrogens is 3. The number of hydrogen-bond donors (Lipinski definition) is 1. The van der Waals surface area contributed by atoms with E-state index in [2.05, 4.69) is 21.7 Å². The van der Waals surface area contributed by atoms with Gasteiger partial charge in [0.05, 0.1) is 6.04 Å². The second-order valence-electron chi connectivity index (χ2n) is 3.75. The summed E-state index contributed by atoms with van der Waals surface area (Å²) >= 11 is 0. The van der Waals surface area contributed by atoms with Crippen LogP contribution >= 0.6 is 0 Å². The first-order valence-corrected chi connectivity index (χ1v) is 4.96. The molecule has 1 aromatic heterocycles. The van der Waals surface area contributed by atoms with Crippen LogP contribution in [0.1, 0.15) is 38.1 Å². The van der Waals surface area contributed by atoms with Crippen LogP contribution in [0.4, 0.5) is 0 Å². The minimum atomic E-state index is 0.106. The second kappa shape index (κ2) is 3.46. The van der Waals surface area contributed by atoms with Crippen LogP contribution in [0.15, 0.2) is 6.33 Å². The van der Waals surface area contributed by atoms with Crippen molar-refractivity contribution in [3.8, 4) is 0 Å². The zero-order valence-electron chi connectivity index (χ0n) is 7.98. The van der Waals surface area contributed by atoms with Gasteiger partial charge in [-0.1, -0.05) is 6.92 Å². The van der Waals surface area contributed by atoms with Crippen molar-refractivity contribution >= 4 is 0 Å². The van der Waals surface area contributed by atoms with E-state index in [1.54, 1.807) is 6.33 Å². The van der Waals surface area contributed by atoms with Crippen molar-refractivity contribution in [1.82, 2.24) is 14.8 Å². The van der Waals surface area contributed by atoms with Crippen LogP contribution < -0.4 is 5.73 Å². The lowest BCUT2D eigenvalue weighted by Crippen LogP contribution is -2.18. The van der Waals surface area contributed by atoms with E-state index in [-0.39, 0.29) is 6.04 Å². The van der Waals surface area contributed by atoms with E-state index in [1.165, 1.54) is 12.8 Å². The summed E-state index contributed by atoms with van der Waals surface area (Å²) in [5, 5.41) is 7.99. The van der Waals surface area contributed by atoms with Crippen molar-refractivity contribution in [3.05, 3.63) is 12.2 Å². The summed E-state index contributed by atoms with van der Waals surface area (Å²) in [6.07, 6.45) is 5.38. The molecule has 13 heavy (non-hydrogen) atoms. The molecule has 0 saturated heterocycles. The molecule has 0 bridgehead atoms. The highest BCUT2D eigenvalue weighted by molar-refractivity contribution is 5.00. The first kappa shape index (κ1) is 8.69. The topological polar surface area (TPSA) is 56.7 Å². The van der Waals surface area contributed by atoms with Gasteiger partial charge in [-0.25, -0.2) is 0 Å². The minimum Gasteiger partial charge on any atom is -0.321 e. The molecule has 72 valence electrons. The van der Waals surface area contributed by atoms with Crippen molar-refractivity contribution in [2.75, 3.05) is 0 Å². The van der Waals surface area contributed by atoms with E-state index in [1.807, 2.05) is 0 Å². The highest BCUT2D eigenvalue weighted by atomic mass is 15.3. The largest absolute Gasteiger partial charge is 0.321 e. The van der Waals surface area contributed by atoms with Gasteiger partial charge in [0.15, 0.2) is 0 Å². The number of nitrogens with zero attached hydrogens (tertiary/aromatic N) is 3. The first-order chi connectivity index (χ1) is 6.33. The minimum absolute atomic E-state index is 0.106. The Morgan fingerprint density at radius 1 is 1.69 bits per heavy atom. The average Bonchev–Trinajstić information content (AvgIpc) is 2.87. The molecule has 1 saturated carbocycles. The van der Waals surface area contributed by atoms with Crippen molar-refractivity contribution in [1.29, 1.82) is 0 Å². The van der Waals surface area contributed by atoms with Crippen LogP contribution in [0.5, 0.6) is 0 Å². The molecule has 1 aliphatic carbocycles. The standard InChI is InChI=1S/C9H16N4/c1-2-5-13-6-11-12-9(13)8(10)7-3-4-7/h6-8H,2-5,10H2,1H3. The van der Waals surface area contributed by atoms with Gasteiger partial charge in [0, 0.05) is 6.54 Å². The Morgan fingerprint density at radius 3 is 3.08 bits per heavy atom. The van der Waals surface area contributed by atoms with Crippen LogP contribution in [-0.4, -0.2) is 14.8 Å². The van der Waals surface area contributed by atoms with E-state index in [9.17, 15) is 0 Å². The number of nitrogens with two attached hydrogens (primary N) is 1. The summed E-state index contributed by atoms with van der Waals surface area (Å²) in [5.41, 5.74) is 6.05. The highest BCUT2D eigenvalue weighted by Gasteiger charge is 2.32. The van der Waals surface area contributed by atoms with E-state index in [4.69, 9.17) is 5.73 Å². The third-order valence-corrected chi connectivity index (χ3v) is 2.54. The summed E-state index contributed by atoms with van der Waals surface area (Å²) in [7, 11) is 0. The van der Waals surface area contributed by atoms with E-state index in [0.717, 1.165) is 18.8 Å². The monoisotopic (exact) mass is 180 g/mol. The summed E-state index contributed by atoms with van der Waals surface area (Å²) in [6, 6.07) is 0.106. The zero-order valence-corrected chi connectivity index (χ0v) is 7.98. The molecule has 4 nitrogen and oxygen atoms in total. The van der Waals surface area contributed by atoms with Gasteiger partial charge >= 0.3 is 0 Å². The molecule has 1 fully saturated rings. The molecular formula is C9H16N4. The first-order valence-electron chi connectivity index (χ1n) is 4.96. The third-order valence-electron chi connectivity index (χ3n) is 2.54. The lowest BCUT2D eigenvalue weighted by atomic mass is 10.2. The Morgan fingerprint density at radius 2 is 2.46 bits per heavy atom. The van der Waals surface area contributed by atoms with Crippen molar-refractivity contribution in [3.63, 3.8) is 0 Å². The zero-order chi connectivity index (χ0) is 9.26. The Balaban J connectivity index is 2.12. The highest BCUT2D eigenvalue weighted by Crippen LogP contribution is 2.38. The lowest BCUT2D eigenvalue weighted by molar-refractivity contribution is 0.535. The molecule has 2 N–H and O–H groups in total. The quantitative estimate of drug-likeness (QED) is 0.754. The molecule has 1 aromatic rings. The fourth-order valence-electron chi connectivity index (χ4n) is 1.60. The SMILES string of the molecule is CCCn1cnnc1C(N)C1CC1. The molecule has 0 spiro atoms.